The van der Waals surface area contributed by atoms with Crippen molar-refractivity contribution in [2.45, 2.75) is 39.5 Å². The van der Waals surface area contributed by atoms with Crippen molar-refractivity contribution in [3.63, 3.8) is 0 Å². The van der Waals surface area contributed by atoms with Crippen molar-refractivity contribution in [1.29, 1.82) is 0 Å². The number of aromatic nitrogens is 2. The first-order chi connectivity index (χ1) is 10.8. The molecule has 2 rings (SSSR count). The molecule has 2 amide bonds. The fraction of sp³-hybridized carbons (Fsp3) is 0.706. The van der Waals surface area contributed by atoms with E-state index < -0.39 is 0 Å². The first-order valence-electron chi connectivity index (χ1n) is 8.36. The number of nitrogens with one attached hydrogen (secondary N) is 1. The maximum absolute atomic E-state index is 12.3. The predicted octanol–water partition coefficient (Wildman–Crippen LogP) is 2.58. The molecule has 2 heterocycles. The standard InChI is InChI=1S/C17H29N5O/c1-6-21(5)11-13-7-8-22(12-13)16(23)20-14-9-18-15(19-10-14)17(2,3)4/h9-10,13H,6-8,11-12H2,1-5H3,(H,20,23)/t13-/m1/s1. The van der Waals surface area contributed by atoms with Crippen molar-refractivity contribution in [3.8, 4) is 0 Å². The van der Waals surface area contributed by atoms with Crippen LogP contribution >= 0.6 is 0 Å². The molecule has 1 aliphatic heterocycles. The highest BCUT2D eigenvalue weighted by Crippen LogP contribution is 2.20. The fourth-order valence-corrected chi connectivity index (χ4v) is 2.72. The summed E-state index contributed by atoms with van der Waals surface area (Å²) in [4.78, 5) is 25.2. The van der Waals surface area contributed by atoms with Crippen molar-refractivity contribution in [1.82, 2.24) is 19.8 Å². The molecule has 0 aromatic carbocycles. The van der Waals surface area contributed by atoms with Gasteiger partial charge in [-0.3, -0.25) is 0 Å². The second-order valence-corrected chi connectivity index (χ2v) is 7.43. The predicted molar refractivity (Wildman–Crippen MR) is 92.6 cm³/mol. The largest absolute Gasteiger partial charge is 0.324 e. The minimum Gasteiger partial charge on any atom is -0.324 e. The van der Waals surface area contributed by atoms with E-state index in [2.05, 4.69) is 54.9 Å². The SMILES string of the molecule is CCN(C)C[C@H]1CCN(C(=O)Nc2cnc(C(C)(C)C)nc2)C1. The van der Waals surface area contributed by atoms with Gasteiger partial charge < -0.3 is 15.1 Å². The van der Waals surface area contributed by atoms with E-state index in [0.29, 0.717) is 11.6 Å². The molecule has 6 nitrogen and oxygen atoms in total. The Bertz CT molecular complexity index is 523. The van der Waals surface area contributed by atoms with Crippen LogP contribution in [0.4, 0.5) is 10.5 Å². The third-order valence-corrected chi connectivity index (χ3v) is 4.26. The number of amides is 2. The number of urea groups is 1. The van der Waals surface area contributed by atoms with E-state index in [1.165, 1.54) is 0 Å². The smallest absolute Gasteiger partial charge is 0.321 e. The molecule has 1 atom stereocenters. The third-order valence-electron chi connectivity index (χ3n) is 4.26. The molecule has 0 bridgehead atoms. The Hall–Kier alpha value is -1.69. The van der Waals surface area contributed by atoms with Gasteiger partial charge in [-0.15, -0.1) is 0 Å². The lowest BCUT2D eigenvalue weighted by Gasteiger charge is -2.20. The van der Waals surface area contributed by atoms with Gasteiger partial charge in [0.1, 0.15) is 5.82 Å². The van der Waals surface area contributed by atoms with Crippen molar-refractivity contribution in [2.75, 3.05) is 38.5 Å². The van der Waals surface area contributed by atoms with Gasteiger partial charge in [0.25, 0.3) is 0 Å². The zero-order chi connectivity index (χ0) is 17.0. The van der Waals surface area contributed by atoms with E-state index in [0.717, 1.165) is 38.4 Å². The summed E-state index contributed by atoms with van der Waals surface area (Å²) in [6, 6.07) is -0.0567. The molecule has 1 N–H and O–H groups in total. The number of hydrogen-bond donors (Lipinski definition) is 1. The Morgan fingerprint density at radius 3 is 2.61 bits per heavy atom. The number of nitrogens with zero attached hydrogens (tertiary/aromatic N) is 4. The minimum absolute atomic E-state index is 0.0567. The van der Waals surface area contributed by atoms with Crippen LogP contribution in [0.25, 0.3) is 0 Å². The average molecular weight is 319 g/mol. The molecule has 1 aromatic rings. The monoisotopic (exact) mass is 319 g/mol. The number of carbonyl (C=O) groups is 1. The normalized spacial score (nSPS) is 18.5. The Balaban J connectivity index is 1.88. The molecule has 1 saturated heterocycles. The second-order valence-electron chi connectivity index (χ2n) is 7.43. The molecular formula is C17H29N5O. The lowest BCUT2D eigenvalue weighted by Crippen LogP contribution is -2.34. The summed E-state index contributed by atoms with van der Waals surface area (Å²) in [5, 5.41) is 2.90. The van der Waals surface area contributed by atoms with Gasteiger partial charge in [0.05, 0.1) is 18.1 Å². The molecule has 0 unspecified atom stereocenters. The average Bonchev–Trinajstić information content (AvgIpc) is 2.95. The maximum atomic E-state index is 12.3. The minimum atomic E-state index is -0.0873. The zero-order valence-corrected chi connectivity index (χ0v) is 15.0. The van der Waals surface area contributed by atoms with Crippen LogP contribution in [0.2, 0.25) is 0 Å². The van der Waals surface area contributed by atoms with Gasteiger partial charge in [0, 0.05) is 25.0 Å². The van der Waals surface area contributed by atoms with E-state index in [4.69, 9.17) is 0 Å². The van der Waals surface area contributed by atoms with Crippen LogP contribution < -0.4 is 5.32 Å². The molecule has 1 aliphatic rings. The topological polar surface area (TPSA) is 61.4 Å². The number of hydrogen-bond acceptors (Lipinski definition) is 4. The van der Waals surface area contributed by atoms with Gasteiger partial charge in [0.15, 0.2) is 0 Å². The third kappa shape index (κ3) is 4.89. The highest BCUT2D eigenvalue weighted by molar-refractivity contribution is 5.89. The van der Waals surface area contributed by atoms with Gasteiger partial charge in [-0.25, -0.2) is 14.8 Å². The van der Waals surface area contributed by atoms with Crippen molar-refractivity contribution >= 4 is 11.7 Å². The summed E-state index contributed by atoms with van der Waals surface area (Å²) in [6.45, 7) is 12.1. The van der Waals surface area contributed by atoms with Gasteiger partial charge in [-0.2, -0.15) is 0 Å². The van der Waals surface area contributed by atoms with Crippen molar-refractivity contribution in [3.05, 3.63) is 18.2 Å². The van der Waals surface area contributed by atoms with Crippen LogP contribution in [0.3, 0.4) is 0 Å². The lowest BCUT2D eigenvalue weighted by molar-refractivity contribution is 0.218. The van der Waals surface area contributed by atoms with E-state index >= 15 is 0 Å². The summed E-state index contributed by atoms with van der Waals surface area (Å²) in [5.74, 6) is 1.34. The maximum Gasteiger partial charge on any atom is 0.321 e. The Labute approximate surface area is 139 Å². The number of likely N-dealkylation sites (tertiary alicyclic amines) is 1. The second kappa shape index (κ2) is 7.25. The summed E-state index contributed by atoms with van der Waals surface area (Å²) < 4.78 is 0. The molecule has 1 fully saturated rings. The lowest BCUT2D eigenvalue weighted by atomic mass is 9.96. The molecule has 0 spiro atoms. The molecule has 128 valence electrons. The zero-order valence-electron chi connectivity index (χ0n) is 15.0. The Kier molecular flexibility index (Phi) is 5.57. The molecule has 1 aromatic heterocycles. The molecule has 0 aliphatic carbocycles. The van der Waals surface area contributed by atoms with Crippen molar-refractivity contribution < 1.29 is 4.79 Å². The van der Waals surface area contributed by atoms with E-state index in [-0.39, 0.29) is 11.4 Å². The first kappa shape index (κ1) is 17.7. The van der Waals surface area contributed by atoms with Gasteiger partial charge in [-0.05, 0) is 25.9 Å². The fourth-order valence-electron chi connectivity index (χ4n) is 2.72. The molecular weight excluding hydrogens is 290 g/mol. The van der Waals surface area contributed by atoms with E-state index in [1.54, 1.807) is 12.4 Å². The van der Waals surface area contributed by atoms with Crippen LogP contribution in [-0.4, -0.2) is 59.0 Å². The molecule has 0 radical (unpaired) electrons. The highest BCUT2D eigenvalue weighted by Gasteiger charge is 2.27. The van der Waals surface area contributed by atoms with Crippen LogP contribution in [0.1, 0.15) is 39.9 Å². The quantitative estimate of drug-likeness (QED) is 0.926. The molecule has 23 heavy (non-hydrogen) atoms. The van der Waals surface area contributed by atoms with E-state index in [1.807, 2.05) is 4.90 Å². The summed E-state index contributed by atoms with van der Waals surface area (Å²) in [6.07, 6.45) is 4.44. The Morgan fingerprint density at radius 2 is 2.04 bits per heavy atom. The molecule has 0 saturated carbocycles. The number of carbonyl (C=O) groups excluding carboxylic acids is 1. The summed E-state index contributed by atoms with van der Waals surface area (Å²) in [7, 11) is 2.12. The van der Waals surface area contributed by atoms with Gasteiger partial charge >= 0.3 is 6.03 Å². The summed E-state index contributed by atoms with van der Waals surface area (Å²) in [5.41, 5.74) is 0.563. The van der Waals surface area contributed by atoms with Crippen molar-refractivity contribution in [2.24, 2.45) is 5.92 Å². The van der Waals surface area contributed by atoms with Crippen LogP contribution in [0, 0.1) is 5.92 Å². The number of anilines is 1. The van der Waals surface area contributed by atoms with Crippen LogP contribution in [0.15, 0.2) is 12.4 Å². The van der Waals surface area contributed by atoms with Crippen LogP contribution in [-0.2, 0) is 5.41 Å². The van der Waals surface area contributed by atoms with Gasteiger partial charge in [-0.1, -0.05) is 27.7 Å². The van der Waals surface area contributed by atoms with Gasteiger partial charge in [0.2, 0.25) is 0 Å². The van der Waals surface area contributed by atoms with Crippen LogP contribution in [0.5, 0.6) is 0 Å². The Morgan fingerprint density at radius 1 is 1.39 bits per heavy atom. The highest BCUT2D eigenvalue weighted by atomic mass is 16.2. The van der Waals surface area contributed by atoms with E-state index in [9.17, 15) is 4.79 Å². The first-order valence-corrected chi connectivity index (χ1v) is 8.36. The molecule has 6 heteroatoms. The number of rotatable bonds is 4. The summed E-state index contributed by atoms with van der Waals surface area (Å²) >= 11 is 0.